The molecule has 2 heterocycles. The van der Waals surface area contributed by atoms with E-state index in [1.54, 1.807) is 11.3 Å². The Balaban J connectivity index is 1.69. The van der Waals surface area contributed by atoms with Gasteiger partial charge in [-0.25, -0.2) is 0 Å². The zero-order chi connectivity index (χ0) is 16.5. The van der Waals surface area contributed by atoms with Crippen LogP contribution in [0.15, 0.2) is 34.9 Å². The van der Waals surface area contributed by atoms with Gasteiger partial charge in [0, 0.05) is 15.5 Å². The number of anilines is 1. The number of nitrogens with one attached hydrogen (secondary N) is 2. The first-order valence-electron chi connectivity index (χ1n) is 8.41. The fourth-order valence-corrected chi connectivity index (χ4v) is 4.93. The van der Waals surface area contributed by atoms with Gasteiger partial charge in [0.15, 0.2) is 0 Å². The van der Waals surface area contributed by atoms with Crippen LogP contribution in [0.3, 0.4) is 0 Å². The average molecular weight is 403 g/mol. The molecule has 124 valence electrons. The zero-order valence-electron chi connectivity index (χ0n) is 13.3. The Labute approximate surface area is 154 Å². The minimum Gasteiger partial charge on any atom is -0.351 e. The molecule has 2 aliphatic rings. The highest BCUT2D eigenvalue weighted by atomic mass is 79.9. The van der Waals surface area contributed by atoms with Gasteiger partial charge >= 0.3 is 0 Å². The number of amides is 1. The summed E-state index contributed by atoms with van der Waals surface area (Å²) in [5.74, 6) is 0.0160. The number of hydrogen-bond acceptors (Lipinski definition) is 3. The molecule has 0 unspecified atom stereocenters. The van der Waals surface area contributed by atoms with Crippen molar-refractivity contribution in [2.75, 3.05) is 5.32 Å². The third-order valence-corrected chi connectivity index (χ3v) is 6.40. The minimum atomic E-state index is 0.0160. The van der Waals surface area contributed by atoms with Gasteiger partial charge in [0.25, 0.3) is 5.91 Å². The molecule has 0 radical (unpaired) electrons. The van der Waals surface area contributed by atoms with Crippen molar-refractivity contribution in [3.63, 3.8) is 0 Å². The van der Waals surface area contributed by atoms with E-state index in [1.807, 2.05) is 30.5 Å². The number of benzene rings is 1. The molecule has 24 heavy (non-hydrogen) atoms. The lowest BCUT2D eigenvalue weighted by molar-refractivity contribution is 0.0974. The molecule has 0 atom stereocenters. The number of rotatable bonds is 1. The maximum Gasteiger partial charge on any atom is 0.259 e. The van der Waals surface area contributed by atoms with Gasteiger partial charge in [-0.05, 0) is 48.9 Å². The minimum absolute atomic E-state index is 0.0160. The van der Waals surface area contributed by atoms with Gasteiger partial charge in [0.05, 0.1) is 11.3 Å². The molecule has 2 N–H and O–H groups in total. The van der Waals surface area contributed by atoms with Crippen LogP contribution in [0.4, 0.5) is 5.00 Å². The fraction of sp³-hybridized carbons (Fsp3) is 0.316. The summed E-state index contributed by atoms with van der Waals surface area (Å²) in [6.07, 6.45) is 9.01. The second-order valence-corrected chi connectivity index (χ2v) is 8.31. The summed E-state index contributed by atoms with van der Waals surface area (Å²) in [5.41, 5.74) is 3.94. The van der Waals surface area contributed by atoms with E-state index < -0.39 is 0 Å². The van der Waals surface area contributed by atoms with Crippen molar-refractivity contribution < 1.29 is 4.79 Å². The predicted molar refractivity (Wildman–Crippen MR) is 103 cm³/mol. The number of fused-ring (bicyclic) bond motifs is 3. The molecule has 2 aromatic rings. The van der Waals surface area contributed by atoms with Crippen molar-refractivity contribution in [3.8, 4) is 0 Å². The first-order valence-corrected chi connectivity index (χ1v) is 10.0. The predicted octanol–water partition coefficient (Wildman–Crippen LogP) is 5.32. The van der Waals surface area contributed by atoms with Crippen molar-refractivity contribution in [1.82, 2.24) is 5.32 Å². The molecule has 5 heteroatoms. The van der Waals surface area contributed by atoms with Gasteiger partial charge in [-0.2, -0.15) is 0 Å². The van der Waals surface area contributed by atoms with Gasteiger partial charge in [0.2, 0.25) is 0 Å². The van der Waals surface area contributed by atoms with Gasteiger partial charge in [0.1, 0.15) is 5.00 Å². The van der Waals surface area contributed by atoms with Gasteiger partial charge in [-0.15, -0.1) is 11.3 Å². The first-order chi connectivity index (χ1) is 11.7. The molecule has 1 amide bonds. The number of thiophene rings is 1. The number of hydrogen-bond donors (Lipinski definition) is 2. The van der Waals surface area contributed by atoms with E-state index in [0.29, 0.717) is 0 Å². The molecular formula is C19H19BrN2OS. The largest absolute Gasteiger partial charge is 0.351 e. The van der Waals surface area contributed by atoms with Crippen LogP contribution in [0, 0.1) is 0 Å². The summed E-state index contributed by atoms with van der Waals surface area (Å²) in [6, 6.07) is 7.97. The topological polar surface area (TPSA) is 41.1 Å². The number of carbonyl (C=O) groups is 1. The maximum atomic E-state index is 12.9. The van der Waals surface area contributed by atoms with Crippen molar-refractivity contribution in [2.45, 2.75) is 38.5 Å². The molecule has 0 saturated carbocycles. The van der Waals surface area contributed by atoms with E-state index in [1.165, 1.54) is 36.1 Å². The number of aryl methyl sites for hydroxylation is 1. The standard InChI is InChI=1S/C19H19BrN2OS/c20-13-9-7-12(8-10-13)15-11-21-19-17(18(23)22-15)14-5-3-1-2-4-6-16(14)24-19/h7-11,21H,1-6H2,(H,22,23). The van der Waals surface area contributed by atoms with Crippen LogP contribution >= 0.6 is 27.3 Å². The Kier molecular flexibility index (Phi) is 4.46. The van der Waals surface area contributed by atoms with E-state index in [-0.39, 0.29) is 5.91 Å². The molecule has 1 aliphatic carbocycles. The molecule has 0 bridgehead atoms. The molecule has 0 fully saturated rings. The van der Waals surface area contributed by atoms with Gasteiger partial charge in [-0.3, -0.25) is 4.79 Å². The second-order valence-electron chi connectivity index (χ2n) is 6.29. The Hall–Kier alpha value is -1.59. The van der Waals surface area contributed by atoms with Crippen molar-refractivity contribution in [3.05, 3.63) is 56.5 Å². The van der Waals surface area contributed by atoms with Crippen molar-refractivity contribution in [1.29, 1.82) is 0 Å². The number of carbonyl (C=O) groups excluding carboxylic acids is 1. The fourth-order valence-electron chi connectivity index (χ4n) is 3.40. The normalized spacial score (nSPS) is 17.4. The van der Waals surface area contributed by atoms with E-state index >= 15 is 0 Å². The van der Waals surface area contributed by atoms with Gasteiger partial charge < -0.3 is 10.6 Å². The summed E-state index contributed by atoms with van der Waals surface area (Å²) >= 11 is 5.20. The van der Waals surface area contributed by atoms with E-state index in [4.69, 9.17) is 0 Å². The van der Waals surface area contributed by atoms with Crippen molar-refractivity contribution in [2.24, 2.45) is 0 Å². The lowest BCUT2D eigenvalue weighted by Crippen LogP contribution is -2.22. The van der Waals surface area contributed by atoms with Crippen LogP contribution < -0.4 is 10.6 Å². The quantitative estimate of drug-likeness (QED) is 0.676. The number of halogens is 1. The highest BCUT2D eigenvalue weighted by Crippen LogP contribution is 2.38. The summed E-state index contributed by atoms with van der Waals surface area (Å²) in [7, 11) is 0. The lowest BCUT2D eigenvalue weighted by atomic mass is 9.96. The van der Waals surface area contributed by atoms with Crippen LogP contribution in [0.5, 0.6) is 0 Å². The summed E-state index contributed by atoms with van der Waals surface area (Å²) in [4.78, 5) is 14.3. The molecule has 4 rings (SSSR count). The smallest absolute Gasteiger partial charge is 0.259 e. The third-order valence-electron chi connectivity index (χ3n) is 4.65. The van der Waals surface area contributed by atoms with Gasteiger partial charge in [-0.1, -0.05) is 40.9 Å². The zero-order valence-corrected chi connectivity index (χ0v) is 15.7. The molecule has 1 aromatic heterocycles. The molecule has 1 aromatic carbocycles. The molecular weight excluding hydrogens is 384 g/mol. The summed E-state index contributed by atoms with van der Waals surface area (Å²) < 4.78 is 1.03. The Morgan fingerprint density at radius 3 is 2.54 bits per heavy atom. The SMILES string of the molecule is O=C1NC(c2ccc(Br)cc2)=CNc2sc3c(c21)CCCCCC3. The maximum absolute atomic E-state index is 12.9. The Bertz CT molecular complexity index is 808. The monoisotopic (exact) mass is 402 g/mol. The molecule has 0 spiro atoms. The molecule has 1 aliphatic heterocycles. The van der Waals surface area contributed by atoms with Crippen LogP contribution in [0.25, 0.3) is 5.70 Å². The Morgan fingerprint density at radius 2 is 1.75 bits per heavy atom. The summed E-state index contributed by atoms with van der Waals surface area (Å²) in [6.45, 7) is 0. The summed E-state index contributed by atoms with van der Waals surface area (Å²) in [5, 5.41) is 7.46. The van der Waals surface area contributed by atoms with E-state index in [2.05, 4.69) is 26.6 Å². The van der Waals surface area contributed by atoms with Crippen LogP contribution in [-0.2, 0) is 12.8 Å². The van der Waals surface area contributed by atoms with Crippen molar-refractivity contribution >= 4 is 43.9 Å². The highest BCUT2D eigenvalue weighted by molar-refractivity contribution is 9.10. The average Bonchev–Trinajstić information content (AvgIpc) is 2.80. The first kappa shape index (κ1) is 15.9. The van der Waals surface area contributed by atoms with Crippen LogP contribution in [0.1, 0.15) is 52.0 Å². The van der Waals surface area contributed by atoms with E-state index in [9.17, 15) is 4.79 Å². The molecule has 3 nitrogen and oxygen atoms in total. The Morgan fingerprint density at radius 1 is 1.00 bits per heavy atom. The molecule has 0 saturated heterocycles. The van der Waals surface area contributed by atoms with E-state index in [0.717, 1.165) is 39.1 Å². The van der Waals surface area contributed by atoms with Crippen LogP contribution in [0.2, 0.25) is 0 Å². The van der Waals surface area contributed by atoms with Crippen LogP contribution in [-0.4, -0.2) is 5.91 Å². The lowest BCUT2D eigenvalue weighted by Gasteiger charge is -2.12. The third kappa shape index (κ3) is 3.03. The second kappa shape index (κ2) is 6.73. The highest BCUT2D eigenvalue weighted by Gasteiger charge is 2.26.